The fourth-order valence-electron chi connectivity index (χ4n) is 3.00. The molecule has 1 saturated heterocycles. The van der Waals surface area contributed by atoms with E-state index in [1.165, 1.54) is 25.7 Å². The fraction of sp³-hybridized carbons (Fsp3) is 0.571. The molecule has 0 unspecified atom stereocenters. The van der Waals surface area contributed by atoms with E-state index in [2.05, 4.69) is 16.0 Å². The van der Waals surface area contributed by atoms with Crippen LogP contribution in [0, 0.1) is 11.3 Å². The van der Waals surface area contributed by atoms with E-state index in [1.807, 2.05) is 12.1 Å². The van der Waals surface area contributed by atoms with Crippen LogP contribution in [-0.2, 0) is 4.74 Å². The molecule has 0 bridgehead atoms. The summed E-state index contributed by atoms with van der Waals surface area (Å²) in [7, 11) is 0. The van der Waals surface area contributed by atoms with Crippen LogP contribution in [0.4, 0.5) is 5.82 Å². The zero-order chi connectivity index (χ0) is 12.4. The SMILES string of the molecule is N#Cc1ccc(N2CCOC3(CCCC3)C2)nc1. The van der Waals surface area contributed by atoms with Crippen molar-refractivity contribution in [2.24, 2.45) is 0 Å². The normalized spacial score (nSPS) is 22.1. The van der Waals surface area contributed by atoms with Crippen LogP contribution in [0.3, 0.4) is 0 Å². The number of rotatable bonds is 1. The Balaban J connectivity index is 1.77. The molecule has 0 atom stereocenters. The van der Waals surface area contributed by atoms with Gasteiger partial charge < -0.3 is 9.64 Å². The van der Waals surface area contributed by atoms with Crippen molar-refractivity contribution in [2.45, 2.75) is 31.3 Å². The van der Waals surface area contributed by atoms with Crippen molar-refractivity contribution in [1.82, 2.24) is 4.98 Å². The predicted octanol–water partition coefficient (Wildman–Crippen LogP) is 2.10. The molecule has 18 heavy (non-hydrogen) atoms. The number of nitriles is 1. The number of anilines is 1. The molecule has 4 nitrogen and oxygen atoms in total. The Morgan fingerprint density at radius 2 is 2.17 bits per heavy atom. The molecule has 0 amide bonds. The largest absolute Gasteiger partial charge is 0.371 e. The standard InChI is InChI=1S/C14H17N3O/c15-9-12-3-4-13(16-10-12)17-7-8-18-14(11-17)5-1-2-6-14/h3-4,10H,1-2,5-8,11H2. The van der Waals surface area contributed by atoms with Crippen LogP contribution < -0.4 is 4.90 Å². The highest BCUT2D eigenvalue weighted by Crippen LogP contribution is 2.36. The quantitative estimate of drug-likeness (QED) is 0.758. The summed E-state index contributed by atoms with van der Waals surface area (Å²) in [5.74, 6) is 0.962. The van der Waals surface area contributed by atoms with Crippen LogP contribution in [0.1, 0.15) is 31.2 Å². The Bertz CT molecular complexity index is 457. The monoisotopic (exact) mass is 243 g/mol. The summed E-state index contributed by atoms with van der Waals surface area (Å²) in [4.78, 5) is 6.66. The number of aromatic nitrogens is 1. The van der Waals surface area contributed by atoms with E-state index in [1.54, 1.807) is 6.20 Å². The lowest BCUT2D eigenvalue weighted by Crippen LogP contribution is -2.50. The minimum absolute atomic E-state index is 0.0633. The highest BCUT2D eigenvalue weighted by molar-refractivity contribution is 5.42. The lowest BCUT2D eigenvalue weighted by Gasteiger charge is -2.41. The van der Waals surface area contributed by atoms with Crippen molar-refractivity contribution in [3.63, 3.8) is 0 Å². The highest BCUT2D eigenvalue weighted by Gasteiger charge is 2.39. The minimum Gasteiger partial charge on any atom is -0.371 e. The molecule has 1 aliphatic carbocycles. The third-order valence-electron chi connectivity index (χ3n) is 3.96. The van der Waals surface area contributed by atoms with Gasteiger partial charge in [-0.05, 0) is 25.0 Å². The summed E-state index contributed by atoms with van der Waals surface area (Å²) in [5, 5.41) is 8.78. The Morgan fingerprint density at radius 1 is 1.33 bits per heavy atom. The maximum absolute atomic E-state index is 8.78. The molecule has 0 aromatic carbocycles. The molecule has 1 spiro atoms. The van der Waals surface area contributed by atoms with Crippen LogP contribution in [0.2, 0.25) is 0 Å². The second-order valence-electron chi connectivity index (χ2n) is 5.18. The Morgan fingerprint density at radius 3 is 2.83 bits per heavy atom. The number of hydrogen-bond donors (Lipinski definition) is 0. The summed E-state index contributed by atoms with van der Waals surface area (Å²) >= 11 is 0. The molecule has 2 aliphatic rings. The number of morpholine rings is 1. The van der Waals surface area contributed by atoms with Gasteiger partial charge in [-0.2, -0.15) is 5.26 Å². The zero-order valence-corrected chi connectivity index (χ0v) is 10.4. The average molecular weight is 243 g/mol. The summed E-state index contributed by atoms with van der Waals surface area (Å²) in [6, 6.07) is 5.87. The third kappa shape index (κ3) is 2.06. The second kappa shape index (κ2) is 4.58. The van der Waals surface area contributed by atoms with E-state index in [0.717, 1.165) is 25.5 Å². The Hall–Kier alpha value is -1.60. The molecule has 0 radical (unpaired) electrons. The van der Waals surface area contributed by atoms with Crippen molar-refractivity contribution in [3.05, 3.63) is 23.9 Å². The van der Waals surface area contributed by atoms with E-state index in [0.29, 0.717) is 5.56 Å². The van der Waals surface area contributed by atoms with Gasteiger partial charge in [0.1, 0.15) is 11.9 Å². The van der Waals surface area contributed by atoms with Gasteiger partial charge in [0.2, 0.25) is 0 Å². The van der Waals surface area contributed by atoms with Gasteiger partial charge in [0, 0.05) is 19.3 Å². The van der Waals surface area contributed by atoms with Crippen molar-refractivity contribution in [1.29, 1.82) is 5.26 Å². The Kier molecular flexibility index (Phi) is 2.92. The number of nitrogens with zero attached hydrogens (tertiary/aromatic N) is 3. The van der Waals surface area contributed by atoms with E-state index >= 15 is 0 Å². The molecule has 0 N–H and O–H groups in total. The fourth-order valence-corrected chi connectivity index (χ4v) is 3.00. The smallest absolute Gasteiger partial charge is 0.128 e. The maximum atomic E-state index is 8.78. The van der Waals surface area contributed by atoms with Gasteiger partial charge in [0.15, 0.2) is 0 Å². The molecule has 1 aliphatic heterocycles. The molecule has 2 heterocycles. The van der Waals surface area contributed by atoms with Gasteiger partial charge in [0.05, 0.1) is 17.8 Å². The van der Waals surface area contributed by atoms with Gasteiger partial charge >= 0.3 is 0 Å². The van der Waals surface area contributed by atoms with E-state index in [4.69, 9.17) is 10.00 Å². The molecule has 94 valence electrons. The average Bonchev–Trinajstić information content (AvgIpc) is 2.87. The first-order chi connectivity index (χ1) is 8.81. The van der Waals surface area contributed by atoms with Crippen LogP contribution in [0.25, 0.3) is 0 Å². The van der Waals surface area contributed by atoms with E-state index < -0.39 is 0 Å². The summed E-state index contributed by atoms with van der Waals surface area (Å²) in [6.07, 6.45) is 6.52. The molecule has 1 saturated carbocycles. The topological polar surface area (TPSA) is 49.2 Å². The van der Waals surface area contributed by atoms with Crippen LogP contribution in [-0.4, -0.2) is 30.3 Å². The molecule has 1 aromatic heterocycles. The number of hydrogen-bond acceptors (Lipinski definition) is 4. The van der Waals surface area contributed by atoms with Gasteiger partial charge in [-0.15, -0.1) is 0 Å². The third-order valence-corrected chi connectivity index (χ3v) is 3.96. The lowest BCUT2D eigenvalue weighted by atomic mass is 10.00. The summed E-state index contributed by atoms with van der Waals surface area (Å²) in [6.45, 7) is 2.61. The predicted molar refractivity (Wildman–Crippen MR) is 68.3 cm³/mol. The highest BCUT2D eigenvalue weighted by atomic mass is 16.5. The van der Waals surface area contributed by atoms with Gasteiger partial charge in [-0.25, -0.2) is 4.98 Å². The molecular formula is C14H17N3O. The first-order valence-corrected chi connectivity index (χ1v) is 6.56. The van der Waals surface area contributed by atoms with Gasteiger partial charge in [-0.1, -0.05) is 12.8 Å². The molecule has 1 aromatic rings. The van der Waals surface area contributed by atoms with Crippen molar-refractivity contribution in [3.8, 4) is 6.07 Å². The summed E-state index contributed by atoms with van der Waals surface area (Å²) < 4.78 is 6.00. The van der Waals surface area contributed by atoms with E-state index in [-0.39, 0.29) is 5.60 Å². The van der Waals surface area contributed by atoms with Crippen molar-refractivity contribution < 1.29 is 4.74 Å². The zero-order valence-electron chi connectivity index (χ0n) is 10.4. The minimum atomic E-state index is 0.0633. The summed E-state index contributed by atoms with van der Waals surface area (Å²) in [5.41, 5.74) is 0.677. The lowest BCUT2D eigenvalue weighted by molar-refractivity contribution is -0.0503. The Labute approximate surface area is 107 Å². The van der Waals surface area contributed by atoms with Crippen molar-refractivity contribution >= 4 is 5.82 Å². The van der Waals surface area contributed by atoms with Crippen molar-refractivity contribution in [2.75, 3.05) is 24.6 Å². The van der Waals surface area contributed by atoms with E-state index in [9.17, 15) is 0 Å². The van der Waals surface area contributed by atoms with Gasteiger partial charge in [0.25, 0.3) is 0 Å². The number of ether oxygens (including phenoxy) is 1. The first kappa shape index (κ1) is 11.5. The first-order valence-electron chi connectivity index (χ1n) is 6.56. The van der Waals surface area contributed by atoms with Gasteiger partial charge in [-0.3, -0.25) is 0 Å². The number of pyridine rings is 1. The molecule has 4 heteroatoms. The second-order valence-corrected chi connectivity index (χ2v) is 5.18. The maximum Gasteiger partial charge on any atom is 0.128 e. The molecule has 2 fully saturated rings. The van der Waals surface area contributed by atoms with Crippen LogP contribution in [0.5, 0.6) is 0 Å². The van der Waals surface area contributed by atoms with Crippen LogP contribution >= 0.6 is 0 Å². The molecular weight excluding hydrogens is 226 g/mol. The molecule has 3 rings (SSSR count). The van der Waals surface area contributed by atoms with Crippen LogP contribution in [0.15, 0.2) is 18.3 Å².